The van der Waals surface area contributed by atoms with Gasteiger partial charge in [-0.25, -0.2) is 8.78 Å². The van der Waals surface area contributed by atoms with Gasteiger partial charge in [0.2, 0.25) is 0 Å². The molecule has 0 unspecified atom stereocenters. The van der Waals surface area contributed by atoms with Crippen molar-refractivity contribution in [2.45, 2.75) is 6.54 Å². The van der Waals surface area contributed by atoms with E-state index in [1.54, 1.807) is 0 Å². The number of aromatic nitrogens is 3. The zero-order chi connectivity index (χ0) is 10.1. The minimum absolute atomic E-state index is 0.119. The fourth-order valence-corrected chi connectivity index (χ4v) is 1.15. The molecule has 14 heavy (non-hydrogen) atoms. The molecule has 1 N–H and O–H groups in total. The average molecular weight is 199 g/mol. The third-order valence-electron chi connectivity index (χ3n) is 1.76. The SMILES string of the molecule is OCCn1nc2cc(F)c(F)cc2n1. The topological polar surface area (TPSA) is 50.9 Å². The summed E-state index contributed by atoms with van der Waals surface area (Å²) in [6.45, 7) is 0.0872. The number of aliphatic hydroxyl groups excluding tert-OH is 1. The van der Waals surface area contributed by atoms with E-state index >= 15 is 0 Å². The summed E-state index contributed by atoms with van der Waals surface area (Å²) in [6.07, 6.45) is 0. The van der Waals surface area contributed by atoms with E-state index in [4.69, 9.17) is 5.11 Å². The second-order valence-electron chi connectivity index (χ2n) is 2.77. The number of aliphatic hydroxyl groups is 1. The molecule has 0 radical (unpaired) electrons. The van der Waals surface area contributed by atoms with E-state index < -0.39 is 11.6 Å². The Morgan fingerprint density at radius 3 is 2.07 bits per heavy atom. The lowest BCUT2D eigenvalue weighted by Crippen LogP contribution is -2.05. The first-order chi connectivity index (χ1) is 6.70. The highest BCUT2D eigenvalue weighted by Crippen LogP contribution is 2.14. The molecule has 0 fully saturated rings. The number of benzene rings is 1. The minimum atomic E-state index is -0.950. The second kappa shape index (κ2) is 3.30. The molecular formula is C8H7F2N3O. The van der Waals surface area contributed by atoms with Crippen molar-refractivity contribution >= 4 is 11.0 Å². The van der Waals surface area contributed by atoms with Crippen molar-refractivity contribution in [3.05, 3.63) is 23.8 Å². The Bertz CT molecular complexity index is 430. The van der Waals surface area contributed by atoms with E-state index in [9.17, 15) is 8.78 Å². The van der Waals surface area contributed by atoms with Gasteiger partial charge in [-0.2, -0.15) is 15.0 Å². The van der Waals surface area contributed by atoms with Crippen LogP contribution in [0, 0.1) is 11.6 Å². The molecule has 0 bridgehead atoms. The van der Waals surface area contributed by atoms with E-state index in [2.05, 4.69) is 10.2 Å². The summed E-state index contributed by atoms with van der Waals surface area (Å²) < 4.78 is 25.5. The summed E-state index contributed by atoms with van der Waals surface area (Å²) in [5.74, 6) is -1.90. The Morgan fingerprint density at radius 2 is 1.64 bits per heavy atom. The largest absolute Gasteiger partial charge is 0.394 e. The zero-order valence-electron chi connectivity index (χ0n) is 7.11. The maximum absolute atomic E-state index is 12.7. The van der Waals surface area contributed by atoms with Crippen LogP contribution in [0.4, 0.5) is 8.78 Å². The molecule has 0 aliphatic heterocycles. The summed E-state index contributed by atoms with van der Waals surface area (Å²) >= 11 is 0. The first-order valence-corrected chi connectivity index (χ1v) is 4.01. The lowest BCUT2D eigenvalue weighted by atomic mass is 10.3. The van der Waals surface area contributed by atoms with Gasteiger partial charge < -0.3 is 5.11 Å². The number of nitrogens with zero attached hydrogens (tertiary/aromatic N) is 3. The molecule has 0 saturated carbocycles. The van der Waals surface area contributed by atoms with Crippen LogP contribution in [0.25, 0.3) is 11.0 Å². The first-order valence-electron chi connectivity index (χ1n) is 4.01. The van der Waals surface area contributed by atoms with Crippen molar-refractivity contribution in [3.63, 3.8) is 0 Å². The molecule has 0 amide bonds. The van der Waals surface area contributed by atoms with Gasteiger partial charge in [0, 0.05) is 12.1 Å². The van der Waals surface area contributed by atoms with Crippen LogP contribution in [0.1, 0.15) is 0 Å². The summed E-state index contributed by atoms with van der Waals surface area (Å²) in [5.41, 5.74) is 0.551. The van der Waals surface area contributed by atoms with Gasteiger partial charge in [0.15, 0.2) is 11.6 Å². The van der Waals surface area contributed by atoms with Crippen LogP contribution in [-0.4, -0.2) is 26.7 Å². The molecule has 0 aliphatic rings. The number of halogens is 2. The number of rotatable bonds is 2. The molecule has 1 aromatic carbocycles. The highest BCUT2D eigenvalue weighted by molar-refractivity contribution is 5.73. The highest BCUT2D eigenvalue weighted by atomic mass is 19.2. The molecule has 74 valence electrons. The minimum Gasteiger partial charge on any atom is -0.394 e. The Morgan fingerprint density at radius 1 is 1.14 bits per heavy atom. The molecule has 2 rings (SSSR count). The third-order valence-corrected chi connectivity index (χ3v) is 1.76. The van der Waals surface area contributed by atoms with E-state index in [0.717, 1.165) is 12.1 Å². The predicted molar refractivity (Wildman–Crippen MR) is 44.5 cm³/mol. The van der Waals surface area contributed by atoms with Gasteiger partial charge in [0.05, 0.1) is 13.2 Å². The summed E-state index contributed by atoms with van der Waals surface area (Å²) in [4.78, 5) is 1.20. The molecule has 0 spiro atoms. The second-order valence-corrected chi connectivity index (χ2v) is 2.77. The molecule has 0 saturated heterocycles. The van der Waals surface area contributed by atoms with E-state index in [-0.39, 0.29) is 24.2 Å². The van der Waals surface area contributed by atoms with Crippen molar-refractivity contribution in [3.8, 4) is 0 Å². The van der Waals surface area contributed by atoms with Gasteiger partial charge in [-0.3, -0.25) is 0 Å². The molecule has 4 nitrogen and oxygen atoms in total. The van der Waals surface area contributed by atoms with Crippen LogP contribution in [-0.2, 0) is 6.54 Å². The lowest BCUT2D eigenvalue weighted by molar-refractivity contribution is 0.261. The van der Waals surface area contributed by atoms with Gasteiger partial charge in [0.1, 0.15) is 11.0 Å². The van der Waals surface area contributed by atoms with E-state index in [1.165, 1.54) is 4.80 Å². The van der Waals surface area contributed by atoms with E-state index in [1.807, 2.05) is 0 Å². The third kappa shape index (κ3) is 1.44. The van der Waals surface area contributed by atoms with Crippen molar-refractivity contribution < 1.29 is 13.9 Å². The summed E-state index contributed by atoms with van der Waals surface area (Å²) in [5, 5.41) is 16.3. The van der Waals surface area contributed by atoms with Crippen molar-refractivity contribution in [2.75, 3.05) is 6.61 Å². The Labute approximate surface area is 77.8 Å². The Balaban J connectivity index is 2.54. The number of hydrogen-bond donors (Lipinski definition) is 1. The van der Waals surface area contributed by atoms with Crippen LogP contribution >= 0.6 is 0 Å². The Kier molecular flexibility index (Phi) is 2.12. The zero-order valence-corrected chi connectivity index (χ0v) is 7.11. The standard InChI is InChI=1S/C8H7F2N3O/c9-5-3-7-8(4-6(5)10)12-13(11-7)1-2-14/h3-4,14H,1-2H2. The first kappa shape index (κ1) is 9.01. The molecule has 2 aromatic rings. The van der Waals surface area contributed by atoms with Crippen molar-refractivity contribution in [2.24, 2.45) is 0 Å². The van der Waals surface area contributed by atoms with Crippen molar-refractivity contribution in [1.82, 2.24) is 15.0 Å². The van der Waals surface area contributed by atoms with Crippen LogP contribution in [0.5, 0.6) is 0 Å². The van der Waals surface area contributed by atoms with E-state index in [0.29, 0.717) is 0 Å². The average Bonchev–Trinajstić information content (AvgIpc) is 2.48. The van der Waals surface area contributed by atoms with Gasteiger partial charge in [0.25, 0.3) is 0 Å². The molecule has 0 atom stereocenters. The Hall–Kier alpha value is -1.56. The normalized spacial score (nSPS) is 11.1. The summed E-state index contributed by atoms with van der Waals surface area (Å²) in [7, 11) is 0. The molecular weight excluding hydrogens is 192 g/mol. The highest BCUT2D eigenvalue weighted by Gasteiger charge is 2.08. The fourth-order valence-electron chi connectivity index (χ4n) is 1.15. The van der Waals surface area contributed by atoms with Gasteiger partial charge in [-0.05, 0) is 0 Å². The van der Waals surface area contributed by atoms with Crippen LogP contribution in [0.3, 0.4) is 0 Å². The molecule has 0 aliphatic carbocycles. The van der Waals surface area contributed by atoms with Crippen LogP contribution in [0.2, 0.25) is 0 Å². The summed E-state index contributed by atoms with van der Waals surface area (Å²) in [6, 6.07) is 1.96. The fraction of sp³-hybridized carbons (Fsp3) is 0.250. The smallest absolute Gasteiger partial charge is 0.161 e. The molecule has 1 heterocycles. The van der Waals surface area contributed by atoms with Gasteiger partial charge in [-0.15, -0.1) is 0 Å². The monoisotopic (exact) mass is 199 g/mol. The quantitative estimate of drug-likeness (QED) is 0.774. The van der Waals surface area contributed by atoms with Crippen LogP contribution in [0.15, 0.2) is 12.1 Å². The van der Waals surface area contributed by atoms with Crippen molar-refractivity contribution in [1.29, 1.82) is 0 Å². The number of hydrogen-bond acceptors (Lipinski definition) is 3. The lowest BCUT2D eigenvalue weighted by Gasteiger charge is -1.90. The number of fused-ring (bicyclic) bond motifs is 1. The van der Waals surface area contributed by atoms with Gasteiger partial charge >= 0.3 is 0 Å². The van der Waals surface area contributed by atoms with Gasteiger partial charge in [-0.1, -0.05) is 0 Å². The molecule has 1 aromatic heterocycles. The van der Waals surface area contributed by atoms with Crippen LogP contribution < -0.4 is 0 Å². The maximum atomic E-state index is 12.7. The predicted octanol–water partition coefficient (Wildman–Crippen LogP) is 0.702. The maximum Gasteiger partial charge on any atom is 0.161 e. The molecule has 6 heteroatoms.